The lowest BCUT2D eigenvalue weighted by Gasteiger charge is -2.32. The van der Waals surface area contributed by atoms with Gasteiger partial charge in [-0.25, -0.2) is 4.39 Å². The molecule has 2 N–H and O–H groups in total. The summed E-state index contributed by atoms with van der Waals surface area (Å²) >= 11 is 0. The minimum absolute atomic E-state index is 0.0816. The van der Waals surface area contributed by atoms with Crippen LogP contribution in [0.3, 0.4) is 0 Å². The third kappa shape index (κ3) is 3.49. The first-order chi connectivity index (χ1) is 14.5. The molecule has 5 rings (SSSR count). The van der Waals surface area contributed by atoms with Gasteiger partial charge in [0, 0.05) is 12.6 Å². The van der Waals surface area contributed by atoms with Crippen LogP contribution in [0.4, 0.5) is 10.3 Å². The van der Waals surface area contributed by atoms with E-state index in [0.29, 0.717) is 23.1 Å². The Kier molecular flexibility index (Phi) is 4.81. The first-order valence-corrected chi connectivity index (χ1v) is 10.8. The number of likely N-dealkylation sites (tertiary alicyclic amines) is 1. The van der Waals surface area contributed by atoms with E-state index in [1.807, 2.05) is 13.0 Å². The monoisotopic (exact) mass is 410 g/mol. The van der Waals surface area contributed by atoms with Crippen LogP contribution in [0.1, 0.15) is 49.8 Å². The van der Waals surface area contributed by atoms with Gasteiger partial charge in [0.05, 0.1) is 16.8 Å². The molecular formula is C22H27FN6O. The highest BCUT2D eigenvalue weighted by Crippen LogP contribution is 2.44. The fourth-order valence-corrected chi connectivity index (χ4v) is 4.43. The molecule has 0 radical (unpaired) electrons. The summed E-state index contributed by atoms with van der Waals surface area (Å²) in [6.45, 7) is 7.13. The number of hydrogen-bond donors (Lipinski definition) is 2. The second-order valence-corrected chi connectivity index (χ2v) is 8.50. The van der Waals surface area contributed by atoms with Crippen LogP contribution >= 0.6 is 0 Å². The van der Waals surface area contributed by atoms with Crippen molar-refractivity contribution in [2.45, 2.75) is 51.5 Å². The molecule has 0 unspecified atom stereocenters. The summed E-state index contributed by atoms with van der Waals surface area (Å²) in [7, 11) is 0. The molecule has 3 aromatic rings. The second-order valence-electron chi connectivity index (χ2n) is 8.50. The van der Waals surface area contributed by atoms with E-state index >= 15 is 0 Å². The maximum Gasteiger partial charge on any atom is 0.244 e. The quantitative estimate of drug-likeness (QED) is 0.668. The Morgan fingerprint density at radius 3 is 2.77 bits per heavy atom. The molecule has 8 heteroatoms. The van der Waals surface area contributed by atoms with Crippen molar-refractivity contribution < 1.29 is 9.50 Å². The molecule has 2 fully saturated rings. The fraction of sp³-hybridized carbons (Fsp3) is 0.500. The number of benzene rings is 1. The van der Waals surface area contributed by atoms with E-state index in [-0.39, 0.29) is 17.4 Å². The van der Waals surface area contributed by atoms with Gasteiger partial charge in [-0.3, -0.25) is 0 Å². The fourth-order valence-electron chi connectivity index (χ4n) is 4.43. The number of rotatable bonds is 5. The number of aryl methyl sites for hydroxylation is 1. The van der Waals surface area contributed by atoms with Gasteiger partial charge in [0.25, 0.3) is 0 Å². The number of phenolic OH excluding ortho intramolecular Hbond substituents is 1. The standard InChI is InChI=1S/C22H27FN6O/c1-3-28-8-4-5-16(12-28)24-22-26-25-21(18-9-13(2)27-29(18)22)20-17(23)10-15(11-19(20)30)14-6-7-14/h9-11,14,16,30H,3-8,12H2,1-2H3,(H,24,26)/t16-/m0/s1. The normalized spacial score (nSPS) is 20.0. The smallest absolute Gasteiger partial charge is 0.244 e. The number of nitrogens with zero attached hydrogens (tertiary/aromatic N) is 5. The minimum atomic E-state index is -0.474. The number of aromatic hydroxyl groups is 1. The topological polar surface area (TPSA) is 78.6 Å². The number of anilines is 1. The first kappa shape index (κ1) is 19.2. The van der Waals surface area contributed by atoms with Crippen LogP contribution in [0.25, 0.3) is 16.8 Å². The van der Waals surface area contributed by atoms with Crippen LogP contribution in [-0.2, 0) is 0 Å². The van der Waals surface area contributed by atoms with E-state index in [1.54, 1.807) is 10.6 Å². The average molecular weight is 410 g/mol. The number of piperidine rings is 1. The van der Waals surface area contributed by atoms with Gasteiger partial charge in [-0.15, -0.1) is 10.2 Å². The van der Waals surface area contributed by atoms with Gasteiger partial charge in [-0.2, -0.15) is 9.61 Å². The molecule has 2 aromatic heterocycles. The van der Waals surface area contributed by atoms with E-state index in [2.05, 4.69) is 32.4 Å². The number of aromatic nitrogens is 4. The third-order valence-corrected chi connectivity index (χ3v) is 6.18. The van der Waals surface area contributed by atoms with Crippen LogP contribution in [0.5, 0.6) is 5.75 Å². The maximum atomic E-state index is 15.0. The molecule has 7 nitrogen and oxygen atoms in total. The van der Waals surface area contributed by atoms with E-state index in [1.165, 1.54) is 6.07 Å². The van der Waals surface area contributed by atoms with Crippen LogP contribution < -0.4 is 5.32 Å². The van der Waals surface area contributed by atoms with Crippen molar-refractivity contribution in [2.24, 2.45) is 0 Å². The summed E-state index contributed by atoms with van der Waals surface area (Å²) in [5.41, 5.74) is 2.64. The molecule has 1 saturated carbocycles. The number of nitrogens with one attached hydrogen (secondary N) is 1. The molecule has 1 saturated heterocycles. The SMILES string of the molecule is CCN1CCC[C@H](Nc2nnc(-c3c(O)cc(C4CC4)cc3F)c3cc(C)nn23)C1. The van der Waals surface area contributed by atoms with Gasteiger partial charge in [0.15, 0.2) is 0 Å². The zero-order chi connectivity index (χ0) is 20.8. The number of phenols is 1. The van der Waals surface area contributed by atoms with Crippen LogP contribution in [0, 0.1) is 12.7 Å². The number of hydrogen-bond acceptors (Lipinski definition) is 6. The Hall–Kier alpha value is -2.74. The zero-order valence-electron chi connectivity index (χ0n) is 17.4. The van der Waals surface area contributed by atoms with Crippen LogP contribution in [-0.4, -0.2) is 55.5 Å². The number of halogens is 1. The summed E-state index contributed by atoms with van der Waals surface area (Å²) in [5.74, 6) is 0.323. The molecule has 0 amide bonds. The first-order valence-electron chi connectivity index (χ1n) is 10.8. The molecule has 30 heavy (non-hydrogen) atoms. The predicted molar refractivity (Wildman–Crippen MR) is 113 cm³/mol. The van der Waals surface area contributed by atoms with Crippen molar-refractivity contribution in [1.29, 1.82) is 0 Å². The van der Waals surface area contributed by atoms with E-state index in [0.717, 1.165) is 56.6 Å². The van der Waals surface area contributed by atoms with Gasteiger partial charge < -0.3 is 15.3 Å². The van der Waals surface area contributed by atoms with E-state index < -0.39 is 5.82 Å². The largest absolute Gasteiger partial charge is 0.507 e. The lowest BCUT2D eigenvalue weighted by atomic mass is 10.0. The molecule has 1 aliphatic heterocycles. The molecule has 1 aliphatic carbocycles. The van der Waals surface area contributed by atoms with E-state index in [9.17, 15) is 9.50 Å². The van der Waals surface area contributed by atoms with Crippen LogP contribution in [0.2, 0.25) is 0 Å². The zero-order valence-corrected chi connectivity index (χ0v) is 17.4. The van der Waals surface area contributed by atoms with Gasteiger partial charge in [-0.05, 0) is 75.4 Å². The summed E-state index contributed by atoms with van der Waals surface area (Å²) < 4.78 is 16.7. The van der Waals surface area contributed by atoms with E-state index in [4.69, 9.17) is 0 Å². The molecule has 1 aromatic carbocycles. The summed E-state index contributed by atoms with van der Waals surface area (Å²) in [6.07, 6.45) is 4.27. The molecule has 2 aliphatic rings. The lowest BCUT2D eigenvalue weighted by molar-refractivity contribution is 0.226. The predicted octanol–water partition coefficient (Wildman–Crippen LogP) is 3.72. The van der Waals surface area contributed by atoms with Crippen molar-refractivity contribution >= 4 is 11.5 Å². The van der Waals surface area contributed by atoms with Gasteiger partial charge >= 0.3 is 0 Å². The highest BCUT2D eigenvalue weighted by Gasteiger charge is 2.28. The molecule has 0 bridgehead atoms. The van der Waals surface area contributed by atoms with Crippen molar-refractivity contribution in [3.63, 3.8) is 0 Å². The van der Waals surface area contributed by atoms with Gasteiger partial charge in [-0.1, -0.05) is 6.92 Å². The second kappa shape index (κ2) is 7.50. The van der Waals surface area contributed by atoms with Crippen molar-refractivity contribution in [1.82, 2.24) is 24.7 Å². The summed E-state index contributed by atoms with van der Waals surface area (Å²) in [6, 6.07) is 5.28. The minimum Gasteiger partial charge on any atom is -0.507 e. The van der Waals surface area contributed by atoms with Crippen LogP contribution in [0.15, 0.2) is 18.2 Å². The Labute approximate surface area is 174 Å². The van der Waals surface area contributed by atoms with Gasteiger partial charge in [0.1, 0.15) is 17.3 Å². The number of fused-ring (bicyclic) bond motifs is 1. The Balaban J connectivity index is 1.53. The summed E-state index contributed by atoms with van der Waals surface area (Å²) in [5, 5.41) is 27.3. The molecule has 1 atom stereocenters. The third-order valence-electron chi connectivity index (χ3n) is 6.18. The molecular weight excluding hydrogens is 383 g/mol. The number of likely N-dealkylation sites (N-methyl/N-ethyl adjacent to an activating group) is 1. The summed E-state index contributed by atoms with van der Waals surface area (Å²) in [4.78, 5) is 2.41. The Bertz CT molecular complexity index is 1070. The Morgan fingerprint density at radius 1 is 1.20 bits per heavy atom. The highest BCUT2D eigenvalue weighted by molar-refractivity contribution is 5.81. The lowest BCUT2D eigenvalue weighted by Crippen LogP contribution is -2.42. The molecule has 158 valence electrons. The van der Waals surface area contributed by atoms with Gasteiger partial charge in [0.2, 0.25) is 5.95 Å². The molecule has 0 spiro atoms. The average Bonchev–Trinajstić information content (AvgIpc) is 3.50. The Morgan fingerprint density at radius 2 is 2.03 bits per heavy atom. The maximum absolute atomic E-state index is 15.0. The highest BCUT2D eigenvalue weighted by atomic mass is 19.1. The van der Waals surface area contributed by atoms with Crippen molar-refractivity contribution in [2.75, 3.05) is 25.0 Å². The van der Waals surface area contributed by atoms with Crippen molar-refractivity contribution in [3.05, 3.63) is 35.3 Å². The van der Waals surface area contributed by atoms with Crippen molar-refractivity contribution in [3.8, 4) is 17.0 Å². The molecule has 3 heterocycles.